The highest BCUT2D eigenvalue weighted by atomic mass is 15.1. The maximum absolute atomic E-state index is 2.47. The third-order valence-corrected chi connectivity index (χ3v) is 11.6. The van der Waals surface area contributed by atoms with E-state index in [-0.39, 0.29) is 0 Å². The number of anilines is 3. The number of hydrogen-bond donors (Lipinski definition) is 0. The van der Waals surface area contributed by atoms with Gasteiger partial charge in [-0.2, -0.15) is 0 Å². The maximum Gasteiger partial charge on any atom is 0.0624 e. The summed E-state index contributed by atoms with van der Waals surface area (Å²) in [5.41, 5.74) is 10.6. The van der Waals surface area contributed by atoms with Gasteiger partial charge in [-0.1, -0.05) is 194 Å². The molecule has 0 atom stereocenters. The van der Waals surface area contributed by atoms with Crippen LogP contribution in [0.1, 0.15) is 0 Å². The molecular formula is C56H37N. The van der Waals surface area contributed by atoms with Crippen LogP contribution < -0.4 is 4.90 Å². The smallest absolute Gasteiger partial charge is 0.0624 e. The van der Waals surface area contributed by atoms with Crippen molar-refractivity contribution in [2.24, 2.45) is 0 Å². The Morgan fingerprint density at radius 2 is 0.544 bits per heavy atom. The fraction of sp³-hybridized carbons (Fsp3) is 0. The Kier molecular flexibility index (Phi) is 7.89. The summed E-state index contributed by atoms with van der Waals surface area (Å²) in [5, 5.41) is 12.7. The van der Waals surface area contributed by atoms with Crippen molar-refractivity contribution >= 4 is 70.9 Å². The van der Waals surface area contributed by atoms with Gasteiger partial charge in [-0.15, -0.1) is 0 Å². The zero-order valence-electron chi connectivity index (χ0n) is 31.3. The summed E-state index contributed by atoms with van der Waals surface area (Å²) in [6.45, 7) is 0. The average Bonchev–Trinajstić information content (AvgIpc) is 3.30. The zero-order valence-corrected chi connectivity index (χ0v) is 31.3. The third-order valence-electron chi connectivity index (χ3n) is 11.6. The summed E-state index contributed by atoms with van der Waals surface area (Å²) in [7, 11) is 0. The van der Waals surface area contributed by atoms with Crippen molar-refractivity contribution in [1.29, 1.82) is 0 Å². The molecule has 0 aliphatic rings. The van der Waals surface area contributed by atoms with Crippen LogP contribution in [0.5, 0.6) is 0 Å². The molecule has 0 radical (unpaired) electrons. The zero-order chi connectivity index (χ0) is 37.7. The Hall–Kier alpha value is -7.48. The minimum Gasteiger partial charge on any atom is -0.309 e. The molecule has 11 aromatic carbocycles. The second kappa shape index (κ2) is 13.7. The first-order valence-corrected chi connectivity index (χ1v) is 19.7. The highest BCUT2D eigenvalue weighted by Crippen LogP contribution is 2.49. The molecule has 0 aliphatic heterocycles. The number of nitrogens with zero attached hydrogens (tertiary/aromatic N) is 1. The van der Waals surface area contributed by atoms with E-state index >= 15 is 0 Å². The van der Waals surface area contributed by atoms with Gasteiger partial charge in [-0.25, -0.2) is 0 Å². The van der Waals surface area contributed by atoms with E-state index in [0.717, 1.165) is 11.4 Å². The second-order valence-corrected chi connectivity index (χ2v) is 14.8. The van der Waals surface area contributed by atoms with Gasteiger partial charge < -0.3 is 4.90 Å². The monoisotopic (exact) mass is 723 g/mol. The van der Waals surface area contributed by atoms with Gasteiger partial charge in [0.25, 0.3) is 0 Å². The standard InChI is InChI=1S/C56H37N/c1-3-15-38(16-4-1)39-27-32-43(33-28-39)57(56-53-26-14-12-23-49(53)48-22-11-13-25-52(48)55(56)41-17-5-2-6-18-41)44-34-29-40(30-35-44)42-31-36-51-47-21-8-7-19-45(47)46-20-9-10-24-50(46)54(51)37-42/h1-37H. The van der Waals surface area contributed by atoms with E-state index in [4.69, 9.17) is 0 Å². The molecule has 0 spiro atoms. The second-order valence-electron chi connectivity index (χ2n) is 14.8. The van der Waals surface area contributed by atoms with Crippen LogP contribution in [-0.4, -0.2) is 0 Å². The average molecular weight is 724 g/mol. The van der Waals surface area contributed by atoms with Crippen molar-refractivity contribution in [1.82, 2.24) is 0 Å². The minimum atomic E-state index is 1.10. The summed E-state index contributed by atoms with van der Waals surface area (Å²) in [6.07, 6.45) is 0. The molecular weight excluding hydrogens is 687 g/mol. The lowest BCUT2D eigenvalue weighted by atomic mass is 9.90. The number of rotatable bonds is 6. The van der Waals surface area contributed by atoms with E-state index in [9.17, 15) is 0 Å². The predicted molar refractivity (Wildman–Crippen MR) is 245 cm³/mol. The van der Waals surface area contributed by atoms with Crippen LogP contribution in [0.2, 0.25) is 0 Å². The predicted octanol–water partition coefficient (Wildman–Crippen LogP) is 15.9. The summed E-state index contributed by atoms with van der Waals surface area (Å²) in [6, 6.07) is 82.0. The number of fused-ring (bicyclic) bond motifs is 9. The van der Waals surface area contributed by atoms with Gasteiger partial charge in [0.05, 0.1) is 5.69 Å². The summed E-state index contributed by atoms with van der Waals surface area (Å²) in [5.74, 6) is 0. The van der Waals surface area contributed by atoms with Crippen molar-refractivity contribution < 1.29 is 0 Å². The van der Waals surface area contributed by atoms with Crippen molar-refractivity contribution in [3.8, 4) is 33.4 Å². The maximum atomic E-state index is 2.47. The van der Waals surface area contributed by atoms with Crippen molar-refractivity contribution in [2.45, 2.75) is 0 Å². The van der Waals surface area contributed by atoms with E-state index in [0.29, 0.717) is 0 Å². The van der Waals surface area contributed by atoms with Crippen molar-refractivity contribution in [3.05, 3.63) is 224 Å². The molecule has 0 unspecified atom stereocenters. The first-order valence-electron chi connectivity index (χ1n) is 19.7. The lowest BCUT2D eigenvalue weighted by Gasteiger charge is -2.31. The number of hydrogen-bond acceptors (Lipinski definition) is 1. The van der Waals surface area contributed by atoms with Gasteiger partial charge in [0.1, 0.15) is 0 Å². The molecule has 0 aliphatic carbocycles. The highest BCUT2D eigenvalue weighted by Gasteiger charge is 2.23. The van der Waals surface area contributed by atoms with Crippen molar-refractivity contribution in [3.63, 3.8) is 0 Å². The normalized spacial score (nSPS) is 11.5. The van der Waals surface area contributed by atoms with Gasteiger partial charge in [-0.3, -0.25) is 0 Å². The summed E-state index contributed by atoms with van der Waals surface area (Å²) >= 11 is 0. The fourth-order valence-corrected chi connectivity index (χ4v) is 8.98. The Bertz CT molecular complexity index is 3220. The molecule has 1 nitrogen and oxygen atoms in total. The Balaban J connectivity index is 1.13. The fourth-order valence-electron chi connectivity index (χ4n) is 8.98. The van der Waals surface area contributed by atoms with Gasteiger partial charge in [-0.05, 0) is 107 Å². The van der Waals surface area contributed by atoms with E-state index in [1.54, 1.807) is 0 Å². The van der Waals surface area contributed by atoms with Crippen LogP contribution in [0, 0.1) is 0 Å². The molecule has 0 saturated carbocycles. The lowest BCUT2D eigenvalue weighted by molar-refractivity contribution is 1.30. The van der Waals surface area contributed by atoms with Crippen LogP contribution in [0.15, 0.2) is 224 Å². The van der Waals surface area contributed by atoms with E-state index < -0.39 is 0 Å². The molecule has 0 aromatic heterocycles. The van der Waals surface area contributed by atoms with Crippen LogP contribution in [0.4, 0.5) is 17.1 Å². The number of benzene rings is 11. The van der Waals surface area contributed by atoms with Crippen LogP contribution in [0.25, 0.3) is 87.2 Å². The quantitative estimate of drug-likeness (QED) is 0.154. The van der Waals surface area contributed by atoms with Gasteiger partial charge in [0, 0.05) is 22.3 Å². The molecule has 0 saturated heterocycles. The topological polar surface area (TPSA) is 3.24 Å². The molecule has 0 amide bonds. The molecule has 11 rings (SSSR count). The summed E-state index contributed by atoms with van der Waals surface area (Å²) in [4.78, 5) is 2.47. The largest absolute Gasteiger partial charge is 0.309 e. The van der Waals surface area contributed by atoms with Gasteiger partial charge >= 0.3 is 0 Å². The molecule has 1 heteroatoms. The Morgan fingerprint density at radius 3 is 1.07 bits per heavy atom. The molecule has 0 bridgehead atoms. The summed E-state index contributed by atoms with van der Waals surface area (Å²) < 4.78 is 0. The lowest BCUT2D eigenvalue weighted by Crippen LogP contribution is -2.12. The highest BCUT2D eigenvalue weighted by molar-refractivity contribution is 6.26. The molecule has 266 valence electrons. The first-order chi connectivity index (χ1) is 28.3. The van der Waals surface area contributed by atoms with E-state index in [2.05, 4.69) is 229 Å². The van der Waals surface area contributed by atoms with Crippen molar-refractivity contribution in [2.75, 3.05) is 4.90 Å². The Labute approximate surface area is 332 Å². The molecule has 0 N–H and O–H groups in total. The molecule has 57 heavy (non-hydrogen) atoms. The molecule has 0 heterocycles. The first kappa shape index (κ1) is 32.9. The van der Waals surface area contributed by atoms with Crippen LogP contribution in [-0.2, 0) is 0 Å². The van der Waals surface area contributed by atoms with Gasteiger partial charge in [0.15, 0.2) is 0 Å². The van der Waals surface area contributed by atoms with Crippen LogP contribution in [0.3, 0.4) is 0 Å². The van der Waals surface area contributed by atoms with Crippen LogP contribution >= 0.6 is 0 Å². The minimum absolute atomic E-state index is 1.10. The SMILES string of the molecule is c1ccc(-c2ccc(N(c3ccc(-c4ccc5c6ccccc6c6ccccc6c5c4)cc3)c3c(-c4ccccc4)c4ccccc4c4ccccc34)cc2)cc1. The van der Waals surface area contributed by atoms with E-state index in [1.165, 1.54) is 92.9 Å². The molecule has 11 aromatic rings. The Morgan fingerprint density at radius 1 is 0.211 bits per heavy atom. The van der Waals surface area contributed by atoms with E-state index in [1.807, 2.05) is 0 Å². The molecule has 0 fully saturated rings. The van der Waals surface area contributed by atoms with Gasteiger partial charge in [0.2, 0.25) is 0 Å². The third kappa shape index (κ3) is 5.55.